The fourth-order valence-corrected chi connectivity index (χ4v) is 3.75. The molecule has 0 saturated heterocycles. The number of carbonyl (C=O) groups excluding carboxylic acids is 2. The van der Waals surface area contributed by atoms with Crippen LogP contribution in [0.5, 0.6) is 0 Å². The summed E-state index contributed by atoms with van der Waals surface area (Å²) in [5.41, 5.74) is 0.875. The molecule has 0 aromatic heterocycles. The Bertz CT molecular complexity index is 415. The molecule has 0 aliphatic heterocycles. The summed E-state index contributed by atoms with van der Waals surface area (Å²) in [5.74, 6) is -0.156. The first kappa shape index (κ1) is 16.7. The average Bonchev–Trinajstić information content (AvgIpc) is 2.74. The average molecular weight is 277 g/mol. The van der Waals surface area contributed by atoms with Gasteiger partial charge in [0.15, 0.2) is 0 Å². The number of allylic oxidation sites excluding steroid dienone is 2. The molecule has 3 nitrogen and oxygen atoms in total. The molecular weight excluding hydrogens is 250 g/mol. The number of hydrogen-bond donors (Lipinski definition) is 1. The van der Waals surface area contributed by atoms with Crippen molar-refractivity contribution in [3.8, 4) is 0 Å². The highest BCUT2D eigenvalue weighted by Crippen LogP contribution is 2.51. The highest BCUT2D eigenvalue weighted by molar-refractivity contribution is 5.82. The van der Waals surface area contributed by atoms with Gasteiger partial charge in [0.05, 0.1) is 5.92 Å². The van der Waals surface area contributed by atoms with Crippen molar-refractivity contribution in [3.05, 3.63) is 24.8 Å². The third-order valence-electron chi connectivity index (χ3n) is 4.83. The zero-order valence-electron chi connectivity index (χ0n) is 13.1. The summed E-state index contributed by atoms with van der Waals surface area (Å²) in [5, 5.41) is 2.72. The van der Waals surface area contributed by atoms with Gasteiger partial charge in [-0.1, -0.05) is 25.5 Å². The van der Waals surface area contributed by atoms with E-state index in [1.54, 1.807) is 7.05 Å². The Morgan fingerprint density at radius 3 is 2.50 bits per heavy atom. The molecule has 0 aromatic rings. The second-order valence-electron chi connectivity index (χ2n) is 6.52. The lowest BCUT2D eigenvalue weighted by atomic mass is 9.67. The van der Waals surface area contributed by atoms with Crippen LogP contribution in [-0.2, 0) is 9.59 Å². The van der Waals surface area contributed by atoms with Gasteiger partial charge in [0, 0.05) is 13.0 Å². The van der Waals surface area contributed by atoms with Crippen molar-refractivity contribution in [2.75, 3.05) is 7.05 Å². The van der Waals surface area contributed by atoms with Crippen LogP contribution in [0, 0.1) is 29.1 Å². The van der Waals surface area contributed by atoms with E-state index in [1.165, 1.54) is 0 Å². The summed E-state index contributed by atoms with van der Waals surface area (Å²) in [4.78, 5) is 23.7. The number of hydrogen-bond acceptors (Lipinski definition) is 2. The molecule has 0 bridgehead atoms. The lowest BCUT2D eigenvalue weighted by molar-refractivity contribution is -0.131. The van der Waals surface area contributed by atoms with Crippen LogP contribution in [0.1, 0.15) is 33.6 Å². The Morgan fingerprint density at radius 1 is 1.50 bits per heavy atom. The predicted molar refractivity (Wildman–Crippen MR) is 82.1 cm³/mol. The highest BCUT2D eigenvalue weighted by atomic mass is 16.2. The molecule has 1 saturated carbocycles. The number of amides is 1. The van der Waals surface area contributed by atoms with Gasteiger partial charge in [-0.3, -0.25) is 4.79 Å². The van der Waals surface area contributed by atoms with Gasteiger partial charge in [0.2, 0.25) is 5.91 Å². The van der Waals surface area contributed by atoms with E-state index in [-0.39, 0.29) is 35.0 Å². The zero-order valence-corrected chi connectivity index (χ0v) is 13.1. The molecule has 1 N–H and O–H groups in total. The lowest BCUT2D eigenvalue weighted by Crippen LogP contribution is -2.40. The maximum absolute atomic E-state index is 12.3. The van der Waals surface area contributed by atoms with Crippen LogP contribution < -0.4 is 5.32 Å². The van der Waals surface area contributed by atoms with Crippen molar-refractivity contribution in [1.29, 1.82) is 0 Å². The van der Waals surface area contributed by atoms with E-state index in [4.69, 9.17) is 0 Å². The van der Waals surface area contributed by atoms with Crippen LogP contribution in [0.2, 0.25) is 0 Å². The lowest BCUT2D eigenvalue weighted by Gasteiger charge is -2.37. The molecule has 112 valence electrons. The Hall–Kier alpha value is -1.38. The van der Waals surface area contributed by atoms with Gasteiger partial charge >= 0.3 is 0 Å². The molecular formula is C17H27NO2. The number of rotatable bonds is 6. The molecule has 0 aromatic carbocycles. The van der Waals surface area contributed by atoms with Crippen molar-refractivity contribution in [2.45, 2.75) is 33.6 Å². The topological polar surface area (TPSA) is 46.2 Å². The first-order valence-corrected chi connectivity index (χ1v) is 7.25. The predicted octanol–water partition coefficient (Wildman–Crippen LogP) is 2.98. The number of aldehydes is 1. The van der Waals surface area contributed by atoms with Crippen molar-refractivity contribution in [3.63, 3.8) is 0 Å². The van der Waals surface area contributed by atoms with Gasteiger partial charge in [-0.15, -0.1) is 13.2 Å². The minimum atomic E-state index is -0.269. The van der Waals surface area contributed by atoms with E-state index in [1.807, 2.05) is 13.0 Å². The summed E-state index contributed by atoms with van der Waals surface area (Å²) in [6, 6.07) is 0. The molecule has 5 unspecified atom stereocenters. The van der Waals surface area contributed by atoms with Crippen molar-refractivity contribution < 1.29 is 9.59 Å². The maximum Gasteiger partial charge on any atom is 0.223 e. The van der Waals surface area contributed by atoms with Gasteiger partial charge < -0.3 is 10.1 Å². The Morgan fingerprint density at radius 2 is 2.10 bits per heavy atom. The summed E-state index contributed by atoms with van der Waals surface area (Å²) in [6.45, 7) is 14.1. The standard InChI is InChI=1S/C17H27NO2/c1-7-17(5,9-11(2)3)14-8-12(4)13(10-19)15(14)16(20)18-6/h7,10,12-15H,1-2,8-9H2,3-6H3,(H,18,20). The van der Waals surface area contributed by atoms with Crippen LogP contribution in [0.3, 0.4) is 0 Å². The van der Waals surface area contributed by atoms with Gasteiger partial charge in [-0.05, 0) is 37.0 Å². The number of carbonyl (C=O) groups is 2. The Labute approximate surface area is 122 Å². The molecule has 1 amide bonds. The minimum Gasteiger partial charge on any atom is -0.359 e. The summed E-state index contributed by atoms with van der Waals surface area (Å²) in [6.07, 6.45) is 4.56. The first-order valence-electron chi connectivity index (χ1n) is 7.25. The molecule has 1 aliphatic rings. The quantitative estimate of drug-likeness (QED) is 0.599. The smallest absolute Gasteiger partial charge is 0.223 e. The Kier molecular flexibility index (Phi) is 5.32. The van der Waals surface area contributed by atoms with Crippen molar-refractivity contribution >= 4 is 12.2 Å². The molecule has 0 heterocycles. The van der Waals surface area contributed by atoms with Crippen LogP contribution in [0.25, 0.3) is 0 Å². The zero-order chi connectivity index (χ0) is 15.5. The van der Waals surface area contributed by atoms with Crippen LogP contribution in [0.4, 0.5) is 0 Å². The molecule has 1 rings (SSSR count). The molecule has 1 fully saturated rings. The second kappa shape index (κ2) is 6.38. The highest BCUT2D eigenvalue weighted by Gasteiger charge is 2.50. The van der Waals surface area contributed by atoms with Gasteiger partial charge in [-0.25, -0.2) is 0 Å². The van der Waals surface area contributed by atoms with Gasteiger partial charge in [-0.2, -0.15) is 0 Å². The van der Waals surface area contributed by atoms with E-state index in [0.717, 1.165) is 24.7 Å². The van der Waals surface area contributed by atoms with Gasteiger partial charge in [0.25, 0.3) is 0 Å². The third kappa shape index (κ3) is 3.02. The van der Waals surface area contributed by atoms with E-state index < -0.39 is 0 Å². The summed E-state index contributed by atoms with van der Waals surface area (Å²) in [7, 11) is 1.63. The fourth-order valence-electron chi connectivity index (χ4n) is 3.75. The molecule has 1 aliphatic carbocycles. The molecule has 20 heavy (non-hydrogen) atoms. The van der Waals surface area contributed by atoms with Crippen molar-refractivity contribution in [2.24, 2.45) is 29.1 Å². The van der Waals surface area contributed by atoms with E-state index in [9.17, 15) is 9.59 Å². The molecule has 5 atom stereocenters. The van der Waals surface area contributed by atoms with Crippen LogP contribution in [-0.4, -0.2) is 19.2 Å². The maximum atomic E-state index is 12.3. The largest absolute Gasteiger partial charge is 0.359 e. The molecule has 0 radical (unpaired) electrons. The third-order valence-corrected chi connectivity index (χ3v) is 4.83. The summed E-state index contributed by atoms with van der Waals surface area (Å²) < 4.78 is 0. The SMILES string of the molecule is C=CC(C)(CC(=C)C)C1CC(C)C(C=O)C1C(=O)NC. The monoisotopic (exact) mass is 277 g/mol. The van der Waals surface area contributed by atoms with E-state index >= 15 is 0 Å². The van der Waals surface area contributed by atoms with Crippen molar-refractivity contribution in [1.82, 2.24) is 5.32 Å². The molecule has 0 spiro atoms. The normalized spacial score (nSPS) is 32.2. The van der Waals surface area contributed by atoms with E-state index in [2.05, 4.69) is 32.3 Å². The van der Waals surface area contributed by atoms with Gasteiger partial charge in [0.1, 0.15) is 6.29 Å². The fraction of sp³-hybridized carbons (Fsp3) is 0.647. The second-order valence-corrected chi connectivity index (χ2v) is 6.52. The Balaban J connectivity index is 3.18. The first-order chi connectivity index (χ1) is 9.30. The van der Waals surface area contributed by atoms with Crippen LogP contribution in [0.15, 0.2) is 24.8 Å². The van der Waals surface area contributed by atoms with E-state index in [0.29, 0.717) is 0 Å². The number of nitrogens with one attached hydrogen (secondary N) is 1. The molecule has 3 heteroatoms. The summed E-state index contributed by atoms with van der Waals surface area (Å²) >= 11 is 0. The minimum absolute atomic E-state index is 0.0359. The van der Waals surface area contributed by atoms with Crippen LogP contribution >= 0.6 is 0 Å².